The number of likely N-dealkylation sites (tertiary alicyclic amines) is 1. The predicted molar refractivity (Wildman–Crippen MR) is 135 cm³/mol. The molecule has 1 fully saturated rings. The molecule has 0 bridgehead atoms. The number of aromatic amines is 1. The van der Waals surface area contributed by atoms with Gasteiger partial charge in [-0.1, -0.05) is 0 Å². The highest BCUT2D eigenvalue weighted by molar-refractivity contribution is 7.99. The molecule has 3 aromatic rings. The first-order chi connectivity index (χ1) is 16.5. The maximum Gasteiger partial charge on any atom is 0.259 e. The zero-order valence-electron chi connectivity index (χ0n) is 19.1. The Bertz CT molecular complexity index is 1270. The van der Waals surface area contributed by atoms with Crippen molar-refractivity contribution in [1.82, 2.24) is 14.9 Å². The van der Waals surface area contributed by atoms with Gasteiger partial charge in [-0.3, -0.25) is 14.4 Å². The topological polar surface area (TPSA) is 92.4 Å². The van der Waals surface area contributed by atoms with Crippen LogP contribution in [-0.4, -0.2) is 52.5 Å². The molecule has 0 unspecified atom stereocenters. The molecule has 2 aliphatic rings. The second kappa shape index (κ2) is 9.92. The molecular formula is C25H27N3O4S2. The van der Waals surface area contributed by atoms with Crippen LogP contribution in [0.4, 0.5) is 0 Å². The molecule has 178 valence electrons. The fourth-order valence-electron chi connectivity index (χ4n) is 4.82. The monoisotopic (exact) mass is 497 g/mol. The minimum absolute atomic E-state index is 0.0569. The van der Waals surface area contributed by atoms with E-state index in [4.69, 9.17) is 4.74 Å². The number of H-pyrrole nitrogens is 1. The van der Waals surface area contributed by atoms with Gasteiger partial charge < -0.3 is 14.6 Å². The van der Waals surface area contributed by atoms with E-state index in [2.05, 4.69) is 9.97 Å². The summed E-state index contributed by atoms with van der Waals surface area (Å²) >= 11 is 3.10. The third-order valence-electron chi connectivity index (χ3n) is 6.68. The molecule has 0 radical (unpaired) electrons. The normalized spacial score (nSPS) is 16.1. The van der Waals surface area contributed by atoms with Gasteiger partial charge >= 0.3 is 0 Å². The highest BCUT2D eigenvalue weighted by Gasteiger charge is 2.28. The quantitative estimate of drug-likeness (QED) is 0.499. The van der Waals surface area contributed by atoms with Crippen LogP contribution in [0.3, 0.4) is 0 Å². The maximum atomic E-state index is 12.8. The van der Waals surface area contributed by atoms with Crippen molar-refractivity contribution in [3.05, 3.63) is 56.4 Å². The summed E-state index contributed by atoms with van der Waals surface area (Å²) in [5.74, 6) is 2.32. The van der Waals surface area contributed by atoms with Crippen LogP contribution in [0.25, 0.3) is 10.2 Å². The van der Waals surface area contributed by atoms with Gasteiger partial charge in [0, 0.05) is 29.4 Å². The van der Waals surface area contributed by atoms with Crippen molar-refractivity contribution in [1.29, 1.82) is 0 Å². The number of fused-ring (bicyclic) bond motifs is 3. The third kappa shape index (κ3) is 4.63. The lowest BCUT2D eigenvalue weighted by molar-refractivity contribution is -0.129. The Kier molecular flexibility index (Phi) is 6.74. The molecule has 1 aromatic carbocycles. The zero-order valence-corrected chi connectivity index (χ0v) is 20.7. The Morgan fingerprint density at radius 2 is 1.97 bits per heavy atom. The van der Waals surface area contributed by atoms with Gasteiger partial charge in [-0.15, -0.1) is 23.1 Å². The summed E-state index contributed by atoms with van der Waals surface area (Å²) in [7, 11) is 1.60. The molecule has 5 rings (SSSR count). The van der Waals surface area contributed by atoms with E-state index in [-0.39, 0.29) is 23.2 Å². The SMILES string of the molecule is COc1ccc(C(=O)C2CCN(C(=O)CSCc3nc4sc5c(c4c(=O)[nH]3)CCC5)CC2)cc1. The molecule has 9 heteroatoms. The number of thioether (sulfide) groups is 1. The summed E-state index contributed by atoms with van der Waals surface area (Å²) in [4.78, 5) is 49.6. The first-order valence-corrected chi connectivity index (χ1v) is 13.6. The van der Waals surface area contributed by atoms with Crippen molar-refractivity contribution in [2.45, 2.75) is 37.9 Å². The average molecular weight is 498 g/mol. The molecule has 1 amide bonds. The van der Waals surface area contributed by atoms with Crippen LogP contribution in [0.5, 0.6) is 5.75 Å². The van der Waals surface area contributed by atoms with Gasteiger partial charge in [0.05, 0.1) is 24.0 Å². The van der Waals surface area contributed by atoms with Gasteiger partial charge in [0.1, 0.15) is 16.4 Å². The van der Waals surface area contributed by atoms with Crippen molar-refractivity contribution in [3.63, 3.8) is 0 Å². The van der Waals surface area contributed by atoms with Crippen LogP contribution in [-0.2, 0) is 23.4 Å². The van der Waals surface area contributed by atoms with E-state index in [0.29, 0.717) is 48.8 Å². The van der Waals surface area contributed by atoms with Crippen LogP contribution in [0, 0.1) is 5.92 Å². The van der Waals surface area contributed by atoms with Crippen molar-refractivity contribution in [2.24, 2.45) is 5.92 Å². The summed E-state index contributed by atoms with van der Waals surface area (Å²) in [6.07, 6.45) is 4.47. The number of hydrogen-bond acceptors (Lipinski definition) is 7. The molecule has 34 heavy (non-hydrogen) atoms. The Morgan fingerprint density at radius 1 is 1.21 bits per heavy atom. The third-order valence-corrected chi connectivity index (χ3v) is 8.80. The summed E-state index contributed by atoms with van der Waals surface area (Å²) in [5.41, 5.74) is 1.81. The minimum atomic E-state index is -0.0603. The smallest absolute Gasteiger partial charge is 0.259 e. The molecule has 0 spiro atoms. The number of Topliss-reactive ketones (excluding diaryl/α,β-unsaturated/α-hetero) is 1. The lowest BCUT2D eigenvalue weighted by Crippen LogP contribution is -2.41. The molecule has 2 aromatic heterocycles. The highest BCUT2D eigenvalue weighted by Crippen LogP contribution is 2.34. The molecule has 1 saturated heterocycles. The number of rotatable bonds is 7. The van der Waals surface area contributed by atoms with E-state index >= 15 is 0 Å². The number of nitrogens with one attached hydrogen (secondary N) is 1. The number of ether oxygens (including phenoxy) is 1. The predicted octanol–water partition coefficient (Wildman–Crippen LogP) is 3.84. The summed E-state index contributed by atoms with van der Waals surface area (Å²) in [5, 5.41) is 0.759. The molecule has 1 aliphatic heterocycles. The fraction of sp³-hybridized carbons (Fsp3) is 0.440. The number of amides is 1. The molecule has 3 heterocycles. The van der Waals surface area contributed by atoms with Crippen molar-refractivity contribution >= 4 is 45.0 Å². The van der Waals surface area contributed by atoms with Crippen LogP contribution in [0.2, 0.25) is 0 Å². The van der Waals surface area contributed by atoms with E-state index in [1.165, 1.54) is 22.2 Å². The van der Waals surface area contributed by atoms with Crippen LogP contribution >= 0.6 is 23.1 Å². The number of aromatic nitrogens is 2. The Labute approximate surface area is 205 Å². The fourth-order valence-corrected chi connectivity index (χ4v) is 6.89. The minimum Gasteiger partial charge on any atom is -0.497 e. The number of carbonyl (C=O) groups is 2. The number of hydrogen-bond donors (Lipinski definition) is 1. The highest BCUT2D eigenvalue weighted by atomic mass is 32.2. The van der Waals surface area contributed by atoms with E-state index in [9.17, 15) is 14.4 Å². The number of carbonyl (C=O) groups excluding carboxylic acids is 2. The first kappa shape index (κ1) is 23.1. The van der Waals surface area contributed by atoms with Gasteiger partial charge in [-0.25, -0.2) is 4.98 Å². The number of ketones is 1. The van der Waals surface area contributed by atoms with Crippen molar-refractivity contribution in [3.8, 4) is 5.75 Å². The summed E-state index contributed by atoms with van der Waals surface area (Å²) in [6, 6.07) is 7.20. The van der Waals surface area contributed by atoms with Crippen LogP contribution in [0.1, 0.15) is 45.9 Å². The number of methoxy groups -OCH3 is 1. The van der Waals surface area contributed by atoms with E-state index in [1.54, 1.807) is 42.7 Å². The van der Waals surface area contributed by atoms with E-state index in [0.717, 1.165) is 35.2 Å². The lowest BCUT2D eigenvalue weighted by atomic mass is 9.89. The number of nitrogens with zero attached hydrogens (tertiary/aromatic N) is 2. The largest absolute Gasteiger partial charge is 0.497 e. The number of aryl methyl sites for hydroxylation is 2. The molecule has 0 saturated carbocycles. The number of benzene rings is 1. The van der Waals surface area contributed by atoms with Crippen molar-refractivity contribution < 1.29 is 14.3 Å². The number of piperidine rings is 1. The summed E-state index contributed by atoms with van der Waals surface area (Å²) in [6.45, 7) is 1.18. The molecule has 0 atom stereocenters. The molecule has 1 aliphatic carbocycles. The van der Waals surface area contributed by atoms with Gasteiger partial charge in [0.15, 0.2) is 5.78 Å². The van der Waals surface area contributed by atoms with Gasteiger partial charge in [0.2, 0.25) is 5.91 Å². The average Bonchev–Trinajstić information content (AvgIpc) is 3.45. The van der Waals surface area contributed by atoms with E-state index in [1.807, 2.05) is 4.90 Å². The van der Waals surface area contributed by atoms with Gasteiger partial charge in [0.25, 0.3) is 5.56 Å². The molecule has 1 N–H and O–H groups in total. The molecule has 7 nitrogen and oxygen atoms in total. The van der Waals surface area contributed by atoms with Crippen molar-refractivity contribution in [2.75, 3.05) is 26.0 Å². The molecular weight excluding hydrogens is 470 g/mol. The zero-order chi connectivity index (χ0) is 23.7. The lowest BCUT2D eigenvalue weighted by Gasteiger charge is -2.31. The van der Waals surface area contributed by atoms with E-state index < -0.39 is 0 Å². The first-order valence-electron chi connectivity index (χ1n) is 11.6. The Balaban J connectivity index is 1.11. The Morgan fingerprint density at radius 3 is 2.71 bits per heavy atom. The van der Waals surface area contributed by atoms with Crippen LogP contribution in [0.15, 0.2) is 29.1 Å². The Hall–Kier alpha value is -2.65. The second-order valence-corrected chi connectivity index (χ2v) is 10.9. The van der Waals surface area contributed by atoms with Crippen LogP contribution < -0.4 is 10.3 Å². The van der Waals surface area contributed by atoms with Gasteiger partial charge in [-0.2, -0.15) is 0 Å². The number of thiophene rings is 1. The maximum absolute atomic E-state index is 12.8. The van der Waals surface area contributed by atoms with Gasteiger partial charge in [-0.05, 0) is 61.9 Å². The summed E-state index contributed by atoms with van der Waals surface area (Å²) < 4.78 is 5.15. The second-order valence-electron chi connectivity index (χ2n) is 8.79. The standard InChI is InChI=1S/C25H27N3O4S2/c1-32-17-7-5-15(6-8-17)23(30)16-9-11-28(12-10-16)21(29)14-33-13-20-26-24(31)22-18-3-2-4-19(18)34-25(22)27-20/h5-8,16H,2-4,9-14H2,1H3,(H,26,27,31).